The van der Waals surface area contributed by atoms with Crippen LogP contribution in [-0.4, -0.2) is 18.1 Å². The quantitative estimate of drug-likeness (QED) is 0.664. The van der Waals surface area contributed by atoms with Crippen LogP contribution < -0.4 is 4.90 Å². The molecule has 3 rings (SSSR count). The molecule has 0 fully saturated rings. The van der Waals surface area contributed by atoms with Gasteiger partial charge in [-0.2, -0.15) is 0 Å². The zero-order valence-corrected chi connectivity index (χ0v) is 11.2. The Hall–Kier alpha value is -2.17. The van der Waals surface area contributed by atoms with E-state index in [1.165, 1.54) is 0 Å². The van der Waals surface area contributed by atoms with E-state index in [9.17, 15) is 5.26 Å². The number of nitrogens with zero attached hydrogens (tertiary/aromatic N) is 1. The van der Waals surface area contributed by atoms with Crippen molar-refractivity contribution in [3.8, 4) is 0 Å². The minimum absolute atomic E-state index is 0.241. The SMILES string of the molecule is CN1C(=N)[C@](Cc2ccccc2)(OO)c2ccccc21. The predicted octanol–water partition coefficient (Wildman–Crippen LogP) is 3.04. The van der Waals surface area contributed by atoms with E-state index in [0.717, 1.165) is 16.8 Å². The van der Waals surface area contributed by atoms with Gasteiger partial charge in [-0.05, 0) is 11.6 Å². The largest absolute Gasteiger partial charge is 0.330 e. The van der Waals surface area contributed by atoms with Crippen molar-refractivity contribution in [1.29, 1.82) is 5.41 Å². The highest BCUT2D eigenvalue weighted by molar-refractivity contribution is 6.08. The van der Waals surface area contributed by atoms with Crippen LogP contribution in [0, 0.1) is 5.41 Å². The molecule has 1 aliphatic heterocycles. The first-order chi connectivity index (χ1) is 9.69. The zero-order chi connectivity index (χ0) is 14.2. The topological polar surface area (TPSA) is 56.6 Å². The predicted molar refractivity (Wildman–Crippen MR) is 78.1 cm³/mol. The van der Waals surface area contributed by atoms with Gasteiger partial charge >= 0.3 is 0 Å². The fraction of sp³-hybridized carbons (Fsp3) is 0.188. The Morgan fingerprint density at radius 2 is 1.75 bits per heavy atom. The molecule has 2 aromatic carbocycles. The normalized spacial score (nSPS) is 21.1. The molecule has 0 bridgehead atoms. The number of para-hydroxylation sites is 1. The lowest BCUT2D eigenvalue weighted by molar-refractivity contribution is -0.304. The van der Waals surface area contributed by atoms with Gasteiger partial charge in [0.05, 0.1) is 0 Å². The van der Waals surface area contributed by atoms with Gasteiger partial charge in [0.15, 0.2) is 5.60 Å². The Morgan fingerprint density at radius 3 is 2.45 bits per heavy atom. The maximum absolute atomic E-state index is 9.55. The third-order valence-electron chi connectivity index (χ3n) is 3.87. The highest BCUT2D eigenvalue weighted by Gasteiger charge is 2.48. The Morgan fingerprint density at radius 1 is 1.10 bits per heavy atom. The molecule has 0 aromatic heterocycles. The molecule has 0 amide bonds. The molecule has 1 aliphatic rings. The molecule has 0 aliphatic carbocycles. The summed E-state index contributed by atoms with van der Waals surface area (Å²) < 4.78 is 0. The first kappa shape index (κ1) is 12.8. The molecule has 0 saturated heterocycles. The lowest BCUT2D eigenvalue weighted by atomic mass is 9.88. The second kappa shape index (κ2) is 4.74. The third kappa shape index (κ3) is 1.73. The summed E-state index contributed by atoms with van der Waals surface area (Å²) in [5, 5.41) is 17.9. The van der Waals surface area contributed by atoms with Crippen LogP contribution >= 0.6 is 0 Å². The molecule has 0 saturated carbocycles. The first-order valence-corrected chi connectivity index (χ1v) is 6.48. The van der Waals surface area contributed by atoms with Crippen LogP contribution in [0.1, 0.15) is 11.1 Å². The molecule has 1 heterocycles. The van der Waals surface area contributed by atoms with Gasteiger partial charge in [0, 0.05) is 24.7 Å². The Balaban J connectivity index is 2.11. The van der Waals surface area contributed by atoms with Gasteiger partial charge in [0.25, 0.3) is 0 Å². The average molecular weight is 268 g/mol. The molecule has 2 N–H and O–H groups in total. The van der Waals surface area contributed by atoms with Crippen molar-refractivity contribution in [3.05, 3.63) is 65.7 Å². The van der Waals surface area contributed by atoms with Gasteiger partial charge in [0.1, 0.15) is 5.84 Å². The van der Waals surface area contributed by atoms with Gasteiger partial charge in [0.2, 0.25) is 0 Å². The second-order valence-corrected chi connectivity index (χ2v) is 5.01. The van der Waals surface area contributed by atoms with Gasteiger partial charge in [-0.3, -0.25) is 10.7 Å². The van der Waals surface area contributed by atoms with E-state index >= 15 is 0 Å². The first-order valence-electron chi connectivity index (χ1n) is 6.48. The summed E-state index contributed by atoms with van der Waals surface area (Å²) in [6.07, 6.45) is 0.421. The lowest BCUT2D eigenvalue weighted by Gasteiger charge is -2.27. The monoisotopic (exact) mass is 268 g/mol. The van der Waals surface area contributed by atoms with Crippen molar-refractivity contribution in [2.75, 3.05) is 11.9 Å². The molecule has 4 heteroatoms. The number of rotatable bonds is 3. The number of nitrogens with one attached hydrogen (secondary N) is 1. The molecule has 4 nitrogen and oxygen atoms in total. The van der Waals surface area contributed by atoms with Gasteiger partial charge in [-0.1, -0.05) is 48.5 Å². The van der Waals surface area contributed by atoms with Crippen LogP contribution in [0.25, 0.3) is 0 Å². The molecule has 2 aromatic rings. The van der Waals surface area contributed by atoms with Crippen LogP contribution in [0.2, 0.25) is 0 Å². The van der Waals surface area contributed by atoms with E-state index in [1.54, 1.807) is 4.90 Å². The third-order valence-corrected chi connectivity index (χ3v) is 3.87. The minimum atomic E-state index is -1.13. The molecule has 20 heavy (non-hydrogen) atoms. The van der Waals surface area contributed by atoms with Crippen molar-refractivity contribution >= 4 is 11.5 Å². The zero-order valence-electron chi connectivity index (χ0n) is 11.2. The number of amidine groups is 1. The van der Waals surface area contributed by atoms with E-state index in [-0.39, 0.29) is 5.84 Å². The van der Waals surface area contributed by atoms with E-state index < -0.39 is 5.60 Å². The van der Waals surface area contributed by atoms with Crippen LogP contribution in [0.5, 0.6) is 0 Å². The second-order valence-electron chi connectivity index (χ2n) is 5.01. The summed E-state index contributed by atoms with van der Waals surface area (Å²) in [5.74, 6) is 0.241. The highest BCUT2D eigenvalue weighted by Crippen LogP contribution is 2.43. The fourth-order valence-electron chi connectivity index (χ4n) is 2.81. The molecule has 0 radical (unpaired) electrons. The number of hydrogen-bond donors (Lipinski definition) is 2. The standard InChI is InChI=1S/C16H16N2O2/c1-18-14-10-6-5-9-13(14)16(20-19,15(18)17)11-12-7-3-2-4-8-12/h2-10,17,19H,11H2,1H3/t16-/m1/s1. The van der Waals surface area contributed by atoms with E-state index in [2.05, 4.69) is 0 Å². The summed E-state index contributed by atoms with van der Waals surface area (Å²) in [4.78, 5) is 6.59. The number of hydrogen-bond acceptors (Lipinski definition) is 3. The fourth-order valence-corrected chi connectivity index (χ4v) is 2.81. The van der Waals surface area contributed by atoms with E-state index in [1.807, 2.05) is 61.6 Å². The van der Waals surface area contributed by atoms with Crippen LogP contribution in [0.15, 0.2) is 54.6 Å². The molecule has 0 spiro atoms. The Labute approximate surface area is 117 Å². The maximum atomic E-state index is 9.55. The number of likely N-dealkylation sites (N-methyl/N-ethyl adjacent to an activating group) is 1. The van der Waals surface area contributed by atoms with Gasteiger partial charge in [-0.15, -0.1) is 0 Å². The maximum Gasteiger partial charge on any atom is 0.191 e. The van der Waals surface area contributed by atoms with Gasteiger partial charge in [-0.25, -0.2) is 4.89 Å². The summed E-state index contributed by atoms with van der Waals surface area (Å²) >= 11 is 0. The van der Waals surface area contributed by atoms with Crippen molar-refractivity contribution < 1.29 is 10.1 Å². The highest BCUT2D eigenvalue weighted by atomic mass is 17.1. The summed E-state index contributed by atoms with van der Waals surface area (Å²) in [6, 6.07) is 17.4. The van der Waals surface area contributed by atoms with Crippen molar-refractivity contribution in [1.82, 2.24) is 0 Å². The van der Waals surface area contributed by atoms with Crippen LogP contribution in [0.3, 0.4) is 0 Å². The molecule has 0 unspecified atom stereocenters. The minimum Gasteiger partial charge on any atom is -0.330 e. The Bertz CT molecular complexity index is 642. The molecular formula is C16H16N2O2. The number of benzene rings is 2. The summed E-state index contributed by atoms with van der Waals surface area (Å²) in [6.45, 7) is 0. The number of fused-ring (bicyclic) bond motifs is 1. The van der Waals surface area contributed by atoms with Crippen molar-refractivity contribution in [2.45, 2.75) is 12.0 Å². The van der Waals surface area contributed by atoms with Crippen molar-refractivity contribution in [3.63, 3.8) is 0 Å². The van der Waals surface area contributed by atoms with E-state index in [4.69, 9.17) is 10.3 Å². The van der Waals surface area contributed by atoms with E-state index in [0.29, 0.717) is 6.42 Å². The van der Waals surface area contributed by atoms with Gasteiger partial charge < -0.3 is 4.90 Å². The molecule has 1 atom stereocenters. The summed E-state index contributed by atoms with van der Waals surface area (Å²) in [5.41, 5.74) is 1.59. The molecule has 102 valence electrons. The summed E-state index contributed by atoms with van der Waals surface area (Å²) in [7, 11) is 1.81. The lowest BCUT2D eigenvalue weighted by Crippen LogP contribution is -2.41. The Kier molecular flexibility index (Phi) is 3.04. The number of anilines is 1. The average Bonchev–Trinajstić information content (AvgIpc) is 2.71. The van der Waals surface area contributed by atoms with Crippen LogP contribution in [-0.2, 0) is 16.9 Å². The van der Waals surface area contributed by atoms with Crippen LogP contribution in [0.4, 0.5) is 5.69 Å². The van der Waals surface area contributed by atoms with Crippen molar-refractivity contribution in [2.24, 2.45) is 0 Å². The smallest absolute Gasteiger partial charge is 0.191 e. The molecular weight excluding hydrogens is 252 g/mol.